The smallest absolute Gasteiger partial charge is 0.149 e. The van der Waals surface area contributed by atoms with Crippen LogP contribution < -0.4 is 5.32 Å². The molecule has 90 valence electrons. The Morgan fingerprint density at radius 2 is 2.13 bits per heavy atom. The van der Waals surface area contributed by atoms with E-state index in [1.54, 1.807) is 0 Å². The summed E-state index contributed by atoms with van der Waals surface area (Å²) in [4.78, 5) is 0. The Hall–Kier alpha value is -0.130. The Kier molecular flexibility index (Phi) is 5.56. The van der Waals surface area contributed by atoms with Crippen LogP contribution in [0.3, 0.4) is 0 Å². The molecule has 1 fully saturated rings. The van der Waals surface area contributed by atoms with Crippen molar-refractivity contribution in [2.75, 3.05) is 31.8 Å². The van der Waals surface area contributed by atoms with Crippen LogP contribution in [-0.2, 0) is 14.6 Å². The van der Waals surface area contributed by atoms with Crippen molar-refractivity contribution in [2.24, 2.45) is 0 Å². The zero-order valence-corrected chi connectivity index (χ0v) is 10.2. The van der Waals surface area contributed by atoms with Crippen LogP contribution in [-0.4, -0.2) is 46.2 Å². The number of rotatable bonds is 6. The fraction of sp³-hybridized carbons (Fsp3) is 1.00. The molecule has 1 N–H and O–H groups in total. The molecule has 15 heavy (non-hydrogen) atoms. The SMILES string of the molecule is CS(=O)(=O)CCOCCC1CCCCN1. The van der Waals surface area contributed by atoms with Crippen LogP contribution in [0.15, 0.2) is 0 Å². The fourth-order valence-corrected chi connectivity index (χ4v) is 2.13. The van der Waals surface area contributed by atoms with E-state index in [9.17, 15) is 8.42 Å². The van der Waals surface area contributed by atoms with Gasteiger partial charge in [-0.3, -0.25) is 0 Å². The van der Waals surface area contributed by atoms with Crippen molar-refractivity contribution in [3.8, 4) is 0 Å². The van der Waals surface area contributed by atoms with Crippen molar-refractivity contribution in [1.29, 1.82) is 0 Å². The molecule has 1 atom stereocenters. The van der Waals surface area contributed by atoms with Crippen molar-refractivity contribution in [3.63, 3.8) is 0 Å². The number of piperidine rings is 1. The number of ether oxygens (including phenoxy) is 1. The van der Waals surface area contributed by atoms with E-state index in [0.29, 0.717) is 19.3 Å². The Morgan fingerprint density at radius 1 is 1.33 bits per heavy atom. The summed E-state index contributed by atoms with van der Waals surface area (Å²) in [5.41, 5.74) is 0. The quantitative estimate of drug-likeness (QED) is 0.684. The van der Waals surface area contributed by atoms with Gasteiger partial charge in [-0.2, -0.15) is 0 Å². The highest BCUT2D eigenvalue weighted by atomic mass is 32.2. The van der Waals surface area contributed by atoms with E-state index in [-0.39, 0.29) is 5.75 Å². The average Bonchev–Trinajstić information content (AvgIpc) is 2.17. The highest BCUT2D eigenvalue weighted by Gasteiger charge is 2.11. The lowest BCUT2D eigenvalue weighted by molar-refractivity contribution is 0.134. The first-order valence-corrected chi connectivity index (χ1v) is 7.63. The summed E-state index contributed by atoms with van der Waals surface area (Å²) in [5.74, 6) is 0.130. The van der Waals surface area contributed by atoms with Gasteiger partial charge in [0.1, 0.15) is 9.84 Å². The molecular weight excluding hydrogens is 214 g/mol. The van der Waals surface area contributed by atoms with Crippen molar-refractivity contribution in [3.05, 3.63) is 0 Å². The molecule has 0 aromatic carbocycles. The number of hydrogen-bond donors (Lipinski definition) is 1. The van der Waals surface area contributed by atoms with Gasteiger partial charge in [0, 0.05) is 18.9 Å². The van der Waals surface area contributed by atoms with Gasteiger partial charge in [0.05, 0.1) is 12.4 Å². The second-order valence-corrected chi connectivity index (χ2v) is 6.44. The molecule has 4 nitrogen and oxygen atoms in total. The van der Waals surface area contributed by atoms with Gasteiger partial charge in [0.2, 0.25) is 0 Å². The van der Waals surface area contributed by atoms with Crippen molar-refractivity contribution >= 4 is 9.84 Å². The molecule has 5 heteroatoms. The molecule has 0 aromatic rings. The highest BCUT2D eigenvalue weighted by Crippen LogP contribution is 2.09. The molecule has 1 heterocycles. The monoisotopic (exact) mass is 235 g/mol. The molecule has 0 aromatic heterocycles. The van der Waals surface area contributed by atoms with Crippen LogP contribution in [0.4, 0.5) is 0 Å². The third-order valence-corrected chi connectivity index (χ3v) is 3.53. The van der Waals surface area contributed by atoms with Crippen molar-refractivity contribution in [2.45, 2.75) is 31.7 Å². The molecule has 1 rings (SSSR count). The zero-order chi connectivity index (χ0) is 11.1. The van der Waals surface area contributed by atoms with Gasteiger partial charge in [-0.05, 0) is 25.8 Å². The van der Waals surface area contributed by atoms with E-state index in [1.165, 1.54) is 25.5 Å². The fourth-order valence-electron chi connectivity index (χ4n) is 1.71. The molecule has 1 unspecified atom stereocenters. The Bertz CT molecular complexity index is 258. The van der Waals surface area contributed by atoms with Gasteiger partial charge in [0.15, 0.2) is 0 Å². The first-order valence-electron chi connectivity index (χ1n) is 5.57. The van der Waals surface area contributed by atoms with Crippen LogP contribution in [0.2, 0.25) is 0 Å². The van der Waals surface area contributed by atoms with Gasteiger partial charge in [-0.15, -0.1) is 0 Å². The third kappa shape index (κ3) is 6.87. The molecule has 1 saturated heterocycles. The van der Waals surface area contributed by atoms with Gasteiger partial charge in [-0.25, -0.2) is 8.42 Å². The molecule has 1 aliphatic rings. The maximum Gasteiger partial charge on any atom is 0.149 e. The summed E-state index contributed by atoms with van der Waals surface area (Å²) >= 11 is 0. The van der Waals surface area contributed by atoms with Crippen LogP contribution in [0.25, 0.3) is 0 Å². The van der Waals surface area contributed by atoms with E-state index in [0.717, 1.165) is 13.0 Å². The summed E-state index contributed by atoms with van der Waals surface area (Å²) in [6, 6.07) is 0.567. The highest BCUT2D eigenvalue weighted by molar-refractivity contribution is 7.90. The van der Waals surface area contributed by atoms with Crippen molar-refractivity contribution in [1.82, 2.24) is 5.32 Å². The summed E-state index contributed by atoms with van der Waals surface area (Å²) in [7, 11) is -2.87. The van der Waals surface area contributed by atoms with Crippen LogP contribution in [0.1, 0.15) is 25.7 Å². The van der Waals surface area contributed by atoms with E-state index in [1.807, 2.05) is 0 Å². The van der Waals surface area contributed by atoms with Crippen LogP contribution >= 0.6 is 0 Å². The molecule has 0 spiro atoms. The largest absolute Gasteiger partial charge is 0.380 e. The van der Waals surface area contributed by atoms with Gasteiger partial charge in [0.25, 0.3) is 0 Å². The lowest BCUT2D eigenvalue weighted by Gasteiger charge is -2.23. The van der Waals surface area contributed by atoms with Gasteiger partial charge >= 0.3 is 0 Å². The molecule has 0 radical (unpaired) electrons. The third-order valence-electron chi connectivity index (χ3n) is 2.62. The lowest BCUT2D eigenvalue weighted by Crippen LogP contribution is -2.34. The van der Waals surface area contributed by atoms with E-state index < -0.39 is 9.84 Å². The minimum atomic E-state index is -2.87. The minimum absolute atomic E-state index is 0.130. The molecule has 0 bridgehead atoms. The predicted octanol–water partition coefficient (Wildman–Crippen LogP) is 0.580. The number of sulfone groups is 1. The van der Waals surface area contributed by atoms with Crippen molar-refractivity contribution < 1.29 is 13.2 Å². The number of nitrogens with one attached hydrogen (secondary N) is 1. The normalized spacial score (nSPS) is 22.9. The molecule has 1 aliphatic heterocycles. The van der Waals surface area contributed by atoms with Gasteiger partial charge in [-0.1, -0.05) is 6.42 Å². The Labute approximate surface area is 92.3 Å². The lowest BCUT2D eigenvalue weighted by atomic mass is 10.0. The first-order chi connectivity index (χ1) is 7.08. The predicted molar refractivity (Wildman–Crippen MR) is 60.8 cm³/mol. The second-order valence-electron chi connectivity index (χ2n) is 4.18. The van der Waals surface area contributed by atoms with E-state index in [4.69, 9.17) is 4.74 Å². The maximum absolute atomic E-state index is 10.8. The standard InChI is InChI=1S/C10H21NO3S/c1-15(12,13)9-8-14-7-5-10-4-2-3-6-11-10/h10-11H,2-9H2,1H3. The molecule has 0 amide bonds. The molecule has 0 aliphatic carbocycles. The maximum atomic E-state index is 10.8. The summed E-state index contributed by atoms with van der Waals surface area (Å²) in [5, 5.41) is 3.43. The van der Waals surface area contributed by atoms with E-state index >= 15 is 0 Å². The Morgan fingerprint density at radius 3 is 2.73 bits per heavy atom. The minimum Gasteiger partial charge on any atom is -0.380 e. The topological polar surface area (TPSA) is 55.4 Å². The summed E-state index contributed by atoms with van der Waals surface area (Å²) in [6.45, 7) is 2.09. The Balaban J connectivity index is 1.96. The summed E-state index contributed by atoms with van der Waals surface area (Å²) in [6.07, 6.45) is 6.00. The second kappa shape index (κ2) is 6.45. The van der Waals surface area contributed by atoms with Crippen LogP contribution in [0.5, 0.6) is 0 Å². The van der Waals surface area contributed by atoms with E-state index in [2.05, 4.69) is 5.32 Å². The zero-order valence-electron chi connectivity index (χ0n) is 9.37. The van der Waals surface area contributed by atoms with Crippen LogP contribution in [0, 0.1) is 0 Å². The average molecular weight is 235 g/mol. The first kappa shape index (κ1) is 12.9. The summed E-state index contributed by atoms with van der Waals surface area (Å²) < 4.78 is 26.9. The van der Waals surface area contributed by atoms with Gasteiger partial charge < -0.3 is 10.1 Å². The number of hydrogen-bond acceptors (Lipinski definition) is 4. The molecule has 0 saturated carbocycles. The molecular formula is C10H21NO3S.